The number of fused-ring (bicyclic) bond motifs is 1. The van der Waals surface area contributed by atoms with Gasteiger partial charge >= 0.3 is 0 Å². The molecule has 0 saturated carbocycles. The van der Waals surface area contributed by atoms with Crippen molar-refractivity contribution in [2.45, 2.75) is 33.6 Å². The van der Waals surface area contributed by atoms with E-state index in [0.717, 1.165) is 17.9 Å². The summed E-state index contributed by atoms with van der Waals surface area (Å²) in [5, 5.41) is 0.852. The molecule has 1 heterocycles. The van der Waals surface area contributed by atoms with Crippen LogP contribution in [0.5, 0.6) is 0 Å². The van der Waals surface area contributed by atoms with Crippen LogP contribution in [0.2, 0.25) is 0 Å². The minimum absolute atomic E-state index is 0.214. The second kappa shape index (κ2) is 7.18. The average molecular weight is 299 g/mol. The predicted octanol–water partition coefficient (Wildman–Crippen LogP) is 3.91. The lowest BCUT2D eigenvalue weighted by Crippen LogP contribution is -2.30. The van der Waals surface area contributed by atoms with Gasteiger partial charge in [0.25, 0.3) is 11.8 Å². The van der Waals surface area contributed by atoms with Crippen molar-refractivity contribution in [2.75, 3.05) is 6.61 Å². The van der Waals surface area contributed by atoms with E-state index >= 15 is 0 Å². The van der Waals surface area contributed by atoms with Crippen LogP contribution in [-0.4, -0.2) is 23.5 Å². The first-order chi connectivity index (χ1) is 10.5. The van der Waals surface area contributed by atoms with Gasteiger partial charge in [0.1, 0.15) is 0 Å². The molecule has 0 fully saturated rings. The van der Waals surface area contributed by atoms with Crippen molar-refractivity contribution >= 4 is 11.8 Å². The third-order valence-electron chi connectivity index (χ3n) is 3.48. The molecule has 0 aromatic heterocycles. The molecule has 1 aromatic rings. The maximum absolute atomic E-state index is 12.1. The molecule has 22 heavy (non-hydrogen) atoms. The molecule has 0 N–H and O–H groups in total. The van der Waals surface area contributed by atoms with Gasteiger partial charge in [-0.05, 0) is 45.7 Å². The Morgan fingerprint density at radius 3 is 2.18 bits per heavy atom. The van der Waals surface area contributed by atoms with Crippen molar-refractivity contribution in [1.82, 2.24) is 5.06 Å². The Kier molecular flexibility index (Phi) is 5.28. The van der Waals surface area contributed by atoms with E-state index in [1.54, 1.807) is 24.3 Å². The molecule has 1 aromatic carbocycles. The fourth-order valence-electron chi connectivity index (χ4n) is 2.23. The summed E-state index contributed by atoms with van der Waals surface area (Å²) in [4.78, 5) is 29.5. The fourth-order valence-corrected chi connectivity index (χ4v) is 2.23. The maximum Gasteiger partial charge on any atom is 0.285 e. The molecule has 4 nitrogen and oxygen atoms in total. The summed E-state index contributed by atoms with van der Waals surface area (Å²) in [6.07, 6.45) is 6.01. The SMILES string of the molecule is CC(C)=CCC/C(C)=C/CON1C(=O)c2ccccc2C1=O. The van der Waals surface area contributed by atoms with Crippen LogP contribution in [0.1, 0.15) is 54.3 Å². The molecule has 0 spiro atoms. The molecule has 2 rings (SSSR count). The largest absolute Gasteiger partial charge is 0.285 e. The summed E-state index contributed by atoms with van der Waals surface area (Å²) < 4.78 is 0. The minimum Gasteiger partial charge on any atom is -0.266 e. The van der Waals surface area contributed by atoms with Gasteiger partial charge < -0.3 is 0 Å². The lowest BCUT2D eigenvalue weighted by atomic mass is 10.1. The van der Waals surface area contributed by atoms with Crippen molar-refractivity contribution in [2.24, 2.45) is 0 Å². The molecule has 0 aliphatic carbocycles. The van der Waals surface area contributed by atoms with Gasteiger partial charge in [-0.25, -0.2) is 0 Å². The van der Waals surface area contributed by atoms with E-state index in [4.69, 9.17) is 4.84 Å². The van der Waals surface area contributed by atoms with Crippen molar-refractivity contribution < 1.29 is 14.4 Å². The number of carbonyl (C=O) groups excluding carboxylic acids is 2. The molecule has 2 amide bonds. The van der Waals surface area contributed by atoms with Gasteiger partial charge in [0.15, 0.2) is 0 Å². The van der Waals surface area contributed by atoms with Crippen LogP contribution in [0.25, 0.3) is 0 Å². The van der Waals surface area contributed by atoms with Crippen LogP contribution >= 0.6 is 0 Å². The number of rotatable bonds is 6. The number of allylic oxidation sites excluding steroid dienone is 3. The molecule has 116 valence electrons. The van der Waals surface area contributed by atoms with E-state index in [2.05, 4.69) is 19.9 Å². The molecule has 1 aliphatic heterocycles. The van der Waals surface area contributed by atoms with E-state index in [1.165, 1.54) is 11.1 Å². The first-order valence-electron chi connectivity index (χ1n) is 7.40. The first kappa shape index (κ1) is 16.2. The zero-order chi connectivity index (χ0) is 16.1. The van der Waals surface area contributed by atoms with E-state index in [9.17, 15) is 9.59 Å². The number of benzene rings is 1. The summed E-state index contributed by atoms with van der Waals surface area (Å²) in [6.45, 7) is 6.38. The standard InChI is InChI=1S/C18H21NO3/c1-13(2)7-6-8-14(3)11-12-22-19-17(20)15-9-4-5-10-16(15)18(19)21/h4-5,7,9-11H,6,8,12H2,1-3H3/b14-11+. The van der Waals surface area contributed by atoms with E-state index in [-0.39, 0.29) is 6.61 Å². The molecular formula is C18H21NO3. The van der Waals surface area contributed by atoms with E-state index < -0.39 is 11.8 Å². The molecular weight excluding hydrogens is 278 g/mol. The Morgan fingerprint density at radius 1 is 1.05 bits per heavy atom. The van der Waals surface area contributed by atoms with Gasteiger partial charge in [-0.1, -0.05) is 35.4 Å². The molecule has 0 saturated heterocycles. The number of hydroxylamine groups is 2. The quantitative estimate of drug-likeness (QED) is 0.591. The Labute approximate surface area is 131 Å². The molecule has 0 unspecified atom stereocenters. The molecule has 0 bridgehead atoms. The molecule has 4 heteroatoms. The van der Waals surface area contributed by atoms with E-state index in [1.807, 2.05) is 13.0 Å². The molecule has 0 radical (unpaired) electrons. The second-order valence-corrected chi connectivity index (χ2v) is 5.62. The van der Waals surface area contributed by atoms with Crippen LogP contribution in [0, 0.1) is 0 Å². The Hall–Kier alpha value is -2.20. The number of amides is 2. The minimum atomic E-state index is -0.392. The fraction of sp³-hybridized carbons (Fsp3) is 0.333. The third-order valence-corrected chi connectivity index (χ3v) is 3.48. The Balaban J connectivity index is 1.89. The Morgan fingerprint density at radius 2 is 1.64 bits per heavy atom. The lowest BCUT2D eigenvalue weighted by molar-refractivity contribution is -0.0803. The van der Waals surface area contributed by atoms with Gasteiger partial charge in [-0.3, -0.25) is 14.4 Å². The number of hydrogen-bond acceptors (Lipinski definition) is 3. The normalized spacial score (nSPS) is 14.3. The highest BCUT2D eigenvalue weighted by Gasteiger charge is 2.36. The monoisotopic (exact) mass is 299 g/mol. The van der Waals surface area contributed by atoms with Crippen molar-refractivity contribution in [1.29, 1.82) is 0 Å². The third kappa shape index (κ3) is 3.71. The number of carbonyl (C=O) groups is 2. The molecule has 1 aliphatic rings. The second-order valence-electron chi connectivity index (χ2n) is 5.62. The highest BCUT2D eigenvalue weighted by Crippen LogP contribution is 2.22. The number of imide groups is 1. The van der Waals surface area contributed by atoms with Gasteiger partial charge in [-0.15, -0.1) is 5.06 Å². The summed E-state index contributed by atoms with van der Waals surface area (Å²) in [7, 11) is 0. The summed E-state index contributed by atoms with van der Waals surface area (Å²) in [5.74, 6) is -0.785. The van der Waals surface area contributed by atoms with Crippen LogP contribution in [0.15, 0.2) is 47.6 Å². The van der Waals surface area contributed by atoms with E-state index in [0.29, 0.717) is 11.1 Å². The Bertz CT molecular complexity index is 604. The van der Waals surface area contributed by atoms with Crippen molar-refractivity contribution in [3.63, 3.8) is 0 Å². The topological polar surface area (TPSA) is 46.6 Å². The summed E-state index contributed by atoms with van der Waals surface area (Å²) in [5.41, 5.74) is 3.28. The van der Waals surface area contributed by atoms with Gasteiger partial charge in [0.05, 0.1) is 17.7 Å². The highest BCUT2D eigenvalue weighted by molar-refractivity contribution is 6.20. The maximum atomic E-state index is 12.1. The van der Waals surface area contributed by atoms with Gasteiger partial charge in [0.2, 0.25) is 0 Å². The zero-order valence-electron chi connectivity index (χ0n) is 13.3. The zero-order valence-corrected chi connectivity index (χ0v) is 13.3. The number of hydrogen-bond donors (Lipinski definition) is 0. The van der Waals surface area contributed by atoms with Gasteiger partial charge in [0, 0.05) is 0 Å². The van der Waals surface area contributed by atoms with Gasteiger partial charge in [-0.2, -0.15) is 0 Å². The van der Waals surface area contributed by atoms with Crippen molar-refractivity contribution in [3.05, 3.63) is 58.7 Å². The molecule has 0 atom stereocenters. The summed E-state index contributed by atoms with van der Waals surface area (Å²) in [6, 6.07) is 6.75. The van der Waals surface area contributed by atoms with Crippen LogP contribution in [0.3, 0.4) is 0 Å². The smallest absolute Gasteiger partial charge is 0.266 e. The average Bonchev–Trinajstić information content (AvgIpc) is 2.72. The van der Waals surface area contributed by atoms with Crippen LogP contribution < -0.4 is 0 Å². The summed E-state index contributed by atoms with van der Waals surface area (Å²) >= 11 is 0. The first-order valence-corrected chi connectivity index (χ1v) is 7.40. The predicted molar refractivity (Wildman–Crippen MR) is 85.3 cm³/mol. The highest BCUT2D eigenvalue weighted by atomic mass is 16.7. The van der Waals surface area contributed by atoms with Crippen LogP contribution in [-0.2, 0) is 4.84 Å². The van der Waals surface area contributed by atoms with Crippen molar-refractivity contribution in [3.8, 4) is 0 Å². The lowest BCUT2D eigenvalue weighted by Gasteiger charge is -2.12. The number of nitrogens with zero attached hydrogens (tertiary/aromatic N) is 1. The van der Waals surface area contributed by atoms with Crippen LogP contribution in [0.4, 0.5) is 0 Å².